The molecule has 28 heavy (non-hydrogen) atoms. The van der Waals surface area contributed by atoms with E-state index in [1.807, 2.05) is 0 Å². The van der Waals surface area contributed by atoms with Gasteiger partial charge >= 0.3 is 11.6 Å². The third kappa shape index (κ3) is 3.69. The Hall–Kier alpha value is -3.35. The van der Waals surface area contributed by atoms with Gasteiger partial charge < -0.3 is 18.9 Å². The van der Waals surface area contributed by atoms with E-state index < -0.39 is 17.7 Å². The number of esters is 1. The van der Waals surface area contributed by atoms with Gasteiger partial charge in [0.25, 0.3) is 0 Å². The summed E-state index contributed by atoms with van der Waals surface area (Å²) in [4.78, 5) is 39.3. The SMILES string of the molecule is CCOC(=O)c1c(C)[nH]c(C(=O)C(C)Oc2ccc3ccc(=O)oc3c2)c1C. The lowest BCUT2D eigenvalue weighted by Crippen LogP contribution is -2.25. The Morgan fingerprint density at radius 2 is 1.89 bits per heavy atom. The largest absolute Gasteiger partial charge is 0.482 e. The zero-order valence-corrected chi connectivity index (χ0v) is 16.1. The van der Waals surface area contributed by atoms with Crippen molar-refractivity contribution in [1.29, 1.82) is 0 Å². The molecule has 0 aliphatic heterocycles. The normalized spacial score (nSPS) is 12.0. The molecule has 0 aliphatic carbocycles. The number of hydrogen-bond acceptors (Lipinski definition) is 6. The first-order valence-electron chi connectivity index (χ1n) is 8.93. The molecule has 1 aromatic carbocycles. The summed E-state index contributed by atoms with van der Waals surface area (Å²) in [6.45, 7) is 7.01. The Labute approximate surface area is 161 Å². The summed E-state index contributed by atoms with van der Waals surface area (Å²) in [6.07, 6.45) is -0.820. The number of carbonyl (C=O) groups excluding carboxylic acids is 2. The summed E-state index contributed by atoms with van der Waals surface area (Å²) in [5, 5.41) is 0.751. The third-order valence-corrected chi connectivity index (χ3v) is 4.44. The predicted octanol–water partition coefficient (Wildman–Crippen LogP) is 3.56. The molecule has 0 spiro atoms. The van der Waals surface area contributed by atoms with E-state index in [1.54, 1.807) is 52.0 Å². The molecular weight excluding hydrogens is 362 g/mol. The van der Waals surface area contributed by atoms with Gasteiger partial charge in [-0.15, -0.1) is 0 Å². The maximum absolute atomic E-state index is 12.9. The van der Waals surface area contributed by atoms with Gasteiger partial charge in [-0.2, -0.15) is 0 Å². The van der Waals surface area contributed by atoms with Crippen molar-refractivity contribution in [2.24, 2.45) is 0 Å². The second kappa shape index (κ2) is 7.72. The molecule has 1 unspecified atom stereocenters. The second-order valence-electron chi connectivity index (χ2n) is 6.42. The number of hydrogen-bond donors (Lipinski definition) is 1. The number of aromatic amines is 1. The monoisotopic (exact) mass is 383 g/mol. The topological polar surface area (TPSA) is 98.6 Å². The highest BCUT2D eigenvalue weighted by Crippen LogP contribution is 2.24. The molecule has 0 saturated heterocycles. The standard InChI is InChI=1S/C21H21NO6/c1-5-26-21(25)18-11(2)19(22-12(18)3)20(24)13(4)27-15-8-6-14-7-9-17(23)28-16(14)10-15/h6-10,13,22H,5H2,1-4H3. The quantitative estimate of drug-likeness (QED) is 0.397. The van der Waals surface area contributed by atoms with Crippen molar-refractivity contribution in [2.45, 2.75) is 33.8 Å². The molecule has 0 aliphatic rings. The Balaban J connectivity index is 1.84. The van der Waals surface area contributed by atoms with Gasteiger partial charge in [-0.05, 0) is 51.5 Å². The third-order valence-electron chi connectivity index (χ3n) is 4.44. The number of nitrogens with one attached hydrogen (secondary N) is 1. The molecule has 1 N–H and O–H groups in total. The molecule has 0 bridgehead atoms. The van der Waals surface area contributed by atoms with Crippen LogP contribution in [0.25, 0.3) is 11.0 Å². The Bertz CT molecular complexity index is 1110. The summed E-state index contributed by atoms with van der Waals surface area (Å²) in [6, 6.07) is 8.00. The number of aryl methyl sites for hydroxylation is 1. The highest BCUT2D eigenvalue weighted by Gasteiger charge is 2.26. The number of Topliss-reactive ketones (excluding diaryl/α,β-unsaturated/α-hetero) is 1. The Morgan fingerprint density at radius 3 is 2.61 bits per heavy atom. The predicted molar refractivity (Wildman–Crippen MR) is 103 cm³/mol. The molecule has 146 valence electrons. The number of aromatic nitrogens is 1. The summed E-state index contributed by atoms with van der Waals surface area (Å²) in [5.74, 6) is -0.370. The number of H-pyrrole nitrogens is 1. The first kappa shape index (κ1) is 19.4. The highest BCUT2D eigenvalue weighted by atomic mass is 16.5. The van der Waals surface area contributed by atoms with Crippen LogP contribution in [0.5, 0.6) is 5.75 Å². The summed E-state index contributed by atoms with van der Waals surface area (Å²) < 4.78 is 15.9. The molecule has 7 heteroatoms. The molecule has 2 aromatic heterocycles. The fourth-order valence-electron chi connectivity index (χ4n) is 3.08. The van der Waals surface area contributed by atoms with Gasteiger partial charge in [-0.25, -0.2) is 9.59 Å². The van der Waals surface area contributed by atoms with Crippen LogP contribution in [0.1, 0.15) is 46.0 Å². The lowest BCUT2D eigenvalue weighted by atomic mass is 10.1. The zero-order chi connectivity index (χ0) is 20.4. The number of rotatable bonds is 6. The average Bonchev–Trinajstić information content (AvgIpc) is 2.95. The molecular formula is C21H21NO6. The molecule has 0 saturated carbocycles. The van der Waals surface area contributed by atoms with Crippen LogP contribution in [-0.4, -0.2) is 29.4 Å². The smallest absolute Gasteiger partial charge is 0.340 e. The van der Waals surface area contributed by atoms with Crippen molar-refractivity contribution in [3.05, 3.63) is 63.3 Å². The maximum Gasteiger partial charge on any atom is 0.340 e. The minimum atomic E-state index is -0.820. The Kier molecular flexibility index (Phi) is 5.35. The van der Waals surface area contributed by atoms with Crippen LogP contribution in [0, 0.1) is 13.8 Å². The fourth-order valence-corrected chi connectivity index (χ4v) is 3.08. The van der Waals surface area contributed by atoms with Crippen molar-refractivity contribution in [1.82, 2.24) is 4.98 Å². The summed E-state index contributed by atoms with van der Waals surface area (Å²) in [7, 11) is 0. The summed E-state index contributed by atoms with van der Waals surface area (Å²) in [5.41, 5.74) is 1.68. The van der Waals surface area contributed by atoms with Crippen LogP contribution in [0.15, 0.2) is 39.5 Å². The molecule has 3 aromatic rings. The number of benzene rings is 1. The van der Waals surface area contributed by atoms with Gasteiger partial charge in [-0.3, -0.25) is 4.79 Å². The van der Waals surface area contributed by atoms with E-state index in [9.17, 15) is 14.4 Å². The second-order valence-corrected chi connectivity index (χ2v) is 6.42. The van der Waals surface area contributed by atoms with E-state index >= 15 is 0 Å². The van der Waals surface area contributed by atoms with Gasteiger partial charge in [0, 0.05) is 23.2 Å². The minimum Gasteiger partial charge on any atom is -0.482 e. The molecule has 2 heterocycles. The van der Waals surface area contributed by atoms with E-state index in [2.05, 4.69) is 4.98 Å². The van der Waals surface area contributed by atoms with Crippen molar-refractivity contribution in [2.75, 3.05) is 6.61 Å². The molecule has 0 fully saturated rings. The van der Waals surface area contributed by atoms with Crippen LogP contribution in [0.3, 0.4) is 0 Å². The van der Waals surface area contributed by atoms with E-state index in [-0.39, 0.29) is 12.4 Å². The maximum atomic E-state index is 12.9. The first-order chi connectivity index (χ1) is 13.3. The molecule has 7 nitrogen and oxygen atoms in total. The number of ketones is 1. The number of fused-ring (bicyclic) bond motifs is 1. The van der Waals surface area contributed by atoms with E-state index in [4.69, 9.17) is 13.9 Å². The van der Waals surface area contributed by atoms with Gasteiger partial charge in [0.2, 0.25) is 5.78 Å². The number of ether oxygens (including phenoxy) is 2. The lowest BCUT2D eigenvalue weighted by Gasteiger charge is -2.14. The van der Waals surface area contributed by atoms with E-state index in [0.29, 0.717) is 33.8 Å². The molecule has 3 rings (SSSR count). The van der Waals surface area contributed by atoms with Gasteiger partial charge in [0.1, 0.15) is 11.3 Å². The fraction of sp³-hybridized carbons (Fsp3) is 0.286. The zero-order valence-electron chi connectivity index (χ0n) is 16.1. The average molecular weight is 383 g/mol. The van der Waals surface area contributed by atoms with Crippen LogP contribution < -0.4 is 10.4 Å². The lowest BCUT2D eigenvalue weighted by molar-refractivity contribution is 0.0525. The number of carbonyl (C=O) groups is 2. The molecule has 1 atom stereocenters. The van der Waals surface area contributed by atoms with E-state index in [0.717, 1.165) is 5.39 Å². The first-order valence-corrected chi connectivity index (χ1v) is 8.93. The van der Waals surface area contributed by atoms with Crippen molar-refractivity contribution >= 4 is 22.7 Å². The summed E-state index contributed by atoms with van der Waals surface area (Å²) >= 11 is 0. The molecule has 0 amide bonds. The van der Waals surface area contributed by atoms with Gasteiger partial charge in [0.15, 0.2) is 6.10 Å². The van der Waals surface area contributed by atoms with Crippen LogP contribution in [0.4, 0.5) is 0 Å². The van der Waals surface area contributed by atoms with Crippen LogP contribution >= 0.6 is 0 Å². The van der Waals surface area contributed by atoms with Crippen LogP contribution in [0.2, 0.25) is 0 Å². The Morgan fingerprint density at radius 1 is 1.18 bits per heavy atom. The molecule has 0 radical (unpaired) electrons. The van der Waals surface area contributed by atoms with Gasteiger partial charge in [0.05, 0.1) is 17.9 Å². The van der Waals surface area contributed by atoms with Crippen molar-refractivity contribution in [3.63, 3.8) is 0 Å². The van der Waals surface area contributed by atoms with Crippen molar-refractivity contribution in [3.8, 4) is 5.75 Å². The highest BCUT2D eigenvalue weighted by molar-refractivity contribution is 6.03. The van der Waals surface area contributed by atoms with Crippen molar-refractivity contribution < 1.29 is 23.5 Å². The van der Waals surface area contributed by atoms with E-state index in [1.165, 1.54) is 6.07 Å². The van der Waals surface area contributed by atoms with Crippen LogP contribution in [-0.2, 0) is 4.74 Å². The van der Waals surface area contributed by atoms with Gasteiger partial charge in [-0.1, -0.05) is 0 Å². The minimum absolute atomic E-state index is 0.254.